The topological polar surface area (TPSA) is 66.5 Å². The highest BCUT2D eigenvalue weighted by Crippen LogP contribution is 2.64. The lowest BCUT2D eigenvalue weighted by atomic mass is 9.87. The van der Waals surface area contributed by atoms with Crippen LogP contribution in [0.5, 0.6) is 0 Å². The molecule has 0 unspecified atom stereocenters. The van der Waals surface area contributed by atoms with Crippen molar-refractivity contribution in [2.24, 2.45) is 5.41 Å². The van der Waals surface area contributed by atoms with Gasteiger partial charge in [0.2, 0.25) is 15.9 Å². The SMILES string of the molecule is CC1(C)C[C@]1(C(=O)NCCS(=O)(=O)N1CCCC1)c1ccc(F)cc1. The van der Waals surface area contributed by atoms with Gasteiger partial charge in [0.05, 0.1) is 11.2 Å². The summed E-state index contributed by atoms with van der Waals surface area (Å²) in [6.07, 6.45) is 2.46. The van der Waals surface area contributed by atoms with E-state index in [4.69, 9.17) is 0 Å². The minimum Gasteiger partial charge on any atom is -0.354 e. The molecule has 2 fully saturated rings. The van der Waals surface area contributed by atoms with Gasteiger partial charge in [-0.25, -0.2) is 17.1 Å². The minimum atomic E-state index is -3.31. The molecule has 25 heavy (non-hydrogen) atoms. The highest BCUT2D eigenvalue weighted by atomic mass is 32.2. The standard InChI is InChI=1S/C18H25FN2O3S/c1-17(2)13-18(17,14-5-7-15(19)8-6-14)16(22)20-9-12-25(23,24)21-10-3-4-11-21/h5-8H,3-4,9-13H2,1-2H3,(H,20,22)/t18-/m1/s1. The highest BCUT2D eigenvalue weighted by Gasteiger charge is 2.66. The number of nitrogens with one attached hydrogen (secondary N) is 1. The van der Waals surface area contributed by atoms with Crippen LogP contribution in [-0.2, 0) is 20.2 Å². The molecule has 1 N–H and O–H groups in total. The van der Waals surface area contributed by atoms with Gasteiger partial charge in [0, 0.05) is 19.6 Å². The second-order valence-corrected chi connectivity index (χ2v) is 9.74. The number of hydrogen-bond acceptors (Lipinski definition) is 3. The van der Waals surface area contributed by atoms with E-state index in [0.29, 0.717) is 19.5 Å². The summed E-state index contributed by atoms with van der Waals surface area (Å²) < 4.78 is 39.2. The Balaban J connectivity index is 1.66. The lowest BCUT2D eigenvalue weighted by molar-refractivity contribution is -0.124. The fourth-order valence-electron chi connectivity index (χ4n) is 3.90. The third-order valence-electron chi connectivity index (χ3n) is 5.57. The van der Waals surface area contributed by atoms with E-state index in [1.807, 2.05) is 13.8 Å². The molecule has 0 bridgehead atoms. The first-order chi connectivity index (χ1) is 11.7. The van der Waals surface area contributed by atoms with Crippen molar-refractivity contribution in [2.75, 3.05) is 25.4 Å². The van der Waals surface area contributed by atoms with Gasteiger partial charge in [0.15, 0.2) is 0 Å². The monoisotopic (exact) mass is 368 g/mol. The Morgan fingerprint density at radius 1 is 1.20 bits per heavy atom. The zero-order chi connectivity index (χ0) is 18.3. The number of hydrogen-bond donors (Lipinski definition) is 1. The summed E-state index contributed by atoms with van der Waals surface area (Å²) in [5.74, 6) is -0.603. The van der Waals surface area contributed by atoms with Crippen LogP contribution in [0.2, 0.25) is 0 Å². The van der Waals surface area contributed by atoms with Crippen molar-refractivity contribution in [3.8, 4) is 0 Å². The van der Waals surface area contributed by atoms with E-state index in [9.17, 15) is 17.6 Å². The first kappa shape index (κ1) is 18.3. The van der Waals surface area contributed by atoms with Crippen LogP contribution in [0.15, 0.2) is 24.3 Å². The number of carbonyl (C=O) groups is 1. The molecule has 2 aliphatic rings. The maximum atomic E-state index is 13.2. The van der Waals surface area contributed by atoms with Crippen LogP contribution in [-0.4, -0.2) is 44.0 Å². The molecule has 7 heteroatoms. The fraction of sp³-hybridized carbons (Fsp3) is 0.611. The van der Waals surface area contributed by atoms with Gasteiger partial charge in [-0.15, -0.1) is 0 Å². The second-order valence-electron chi connectivity index (χ2n) is 7.65. The average molecular weight is 368 g/mol. The molecule has 1 saturated carbocycles. The summed E-state index contributed by atoms with van der Waals surface area (Å²) in [5, 5.41) is 2.80. The third-order valence-corrected chi connectivity index (χ3v) is 7.44. The molecule has 1 saturated heterocycles. The molecule has 138 valence electrons. The third kappa shape index (κ3) is 3.31. The Morgan fingerprint density at radius 2 is 1.76 bits per heavy atom. The van der Waals surface area contributed by atoms with Gasteiger partial charge in [0.25, 0.3) is 0 Å². The van der Waals surface area contributed by atoms with E-state index in [2.05, 4.69) is 5.32 Å². The van der Waals surface area contributed by atoms with Crippen LogP contribution < -0.4 is 5.32 Å². The quantitative estimate of drug-likeness (QED) is 0.836. The number of benzene rings is 1. The minimum absolute atomic E-state index is 0.0847. The van der Waals surface area contributed by atoms with E-state index in [1.54, 1.807) is 12.1 Å². The normalized spacial score (nSPS) is 25.7. The van der Waals surface area contributed by atoms with Crippen molar-refractivity contribution >= 4 is 15.9 Å². The number of halogens is 1. The molecule has 0 spiro atoms. The van der Waals surface area contributed by atoms with Crippen LogP contribution in [0.4, 0.5) is 4.39 Å². The summed E-state index contributed by atoms with van der Waals surface area (Å²) in [5.41, 5.74) is -0.167. The zero-order valence-corrected chi connectivity index (χ0v) is 15.5. The van der Waals surface area contributed by atoms with Crippen molar-refractivity contribution in [2.45, 2.75) is 38.5 Å². The average Bonchev–Trinajstić information content (AvgIpc) is 2.92. The van der Waals surface area contributed by atoms with Crippen molar-refractivity contribution < 1.29 is 17.6 Å². The van der Waals surface area contributed by atoms with Crippen LogP contribution in [0, 0.1) is 11.2 Å². The smallest absolute Gasteiger partial charge is 0.231 e. The van der Waals surface area contributed by atoms with Crippen LogP contribution in [0.1, 0.15) is 38.7 Å². The predicted octanol–water partition coefficient (Wildman–Crippen LogP) is 2.04. The van der Waals surface area contributed by atoms with Gasteiger partial charge in [-0.05, 0) is 42.4 Å². The Morgan fingerprint density at radius 3 is 2.28 bits per heavy atom. The zero-order valence-electron chi connectivity index (χ0n) is 14.7. The van der Waals surface area contributed by atoms with E-state index < -0.39 is 15.4 Å². The molecule has 1 aromatic carbocycles. The number of amides is 1. The lowest BCUT2D eigenvalue weighted by Gasteiger charge is -2.21. The van der Waals surface area contributed by atoms with E-state index in [0.717, 1.165) is 18.4 Å². The predicted molar refractivity (Wildman–Crippen MR) is 94.1 cm³/mol. The Kier molecular flexibility index (Phi) is 4.66. The first-order valence-electron chi connectivity index (χ1n) is 8.71. The molecule has 5 nitrogen and oxygen atoms in total. The molecule has 1 aliphatic heterocycles. The summed E-state index contributed by atoms with van der Waals surface area (Å²) >= 11 is 0. The number of rotatable bonds is 6. The van der Waals surface area contributed by atoms with Crippen molar-refractivity contribution in [1.29, 1.82) is 0 Å². The molecule has 1 amide bonds. The Bertz CT molecular complexity index is 755. The molecule has 1 atom stereocenters. The molecule has 0 aromatic heterocycles. The van der Waals surface area contributed by atoms with Gasteiger partial charge < -0.3 is 5.32 Å². The number of nitrogens with zero attached hydrogens (tertiary/aromatic N) is 1. The number of carbonyl (C=O) groups excluding carboxylic acids is 1. The molecule has 3 rings (SSSR count). The summed E-state index contributed by atoms with van der Waals surface area (Å²) in [7, 11) is -3.31. The lowest BCUT2D eigenvalue weighted by Crippen LogP contribution is -2.41. The van der Waals surface area contributed by atoms with Gasteiger partial charge in [-0.3, -0.25) is 4.79 Å². The van der Waals surface area contributed by atoms with Crippen molar-refractivity contribution in [3.63, 3.8) is 0 Å². The van der Waals surface area contributed by atoms with Gasteiger partial charge >= 0.3 is 0 Å². The van der Waals surface area contributed by atoms with E-state index in [-0.39, 0.29) is 29.4 Å². The second kappa shape index (κ2) is 6.36. The summed E-state index contributed by atoms with van der Waals surface area (Å²) in [6, 6.07) is 6.00. The van der Waals surface area contributed by atoms with Gasteiger partial charge in [-0.1, -0.05) is 26.0 Å². The van der Waals surface area contributed by atoms with Crippen LogP contribution >= 0.6 is 0 Å². The maximum absolute atomic E-state index is 13.2. The molecule has 0 radical (unpaired) electrons. The summed E-state index contributed by atoms with van der Waals surface area (Å²) in [6.45, 7) is 5.23. The first-order valence-corrected chi connectivity index (χ1v) is 10.3. The van der Waals surface area contributed by atoms with E-state index >= 15 is 0 Å². The fourth-order valence-corrected chi connectivity index (χ4v) is 5.34. The van der Waals surface area contributed by atoms with Crippen molar-refractivity contribution in [3.05, 3.63) is 35.6 Å². The Labute approximate surface area is 148 Å². The molecular formula is C18H25FN2O3S. The van der Waals surface area contributed by atoms with Crippen molar-refractivity contribution in [1.82, 2.24) is 9.62 Å². The largest absolute Gasteiger partial charge is 0.354 e. The molecular weight excluding hydrogens is 343 g/mol. The number of sulfonamides is 1. The molecule has 1 aliphatic carbocycles. The molecule has 1 aromatic rings. The maximum Gasteiger partial charge on any atom is 0.231 e. The van der Waals surface area contributed by atoms with Gasteiger partial charge in [0.1, 0.15) is 5.82 Å². The Hall–Kier alpha value is -1.47. The van der Waals surface area contributed by atoms with E-state index in [1.165, 1.54) is 16.4 Å². The highest BCUT2D eigenvalue weighted by molar-refractivity contribution is 7.89. The molecule has 1 heterocycles. The van der Waals surface area contributed by atoms with Gasteiger partial charge in [-0.2, -0.15) is 0 Å². The summed E-state index contributed by atoms with van der Waals surface area (Å²) in [4.78, 5) is 12.8. The van der Waals surface area contributed by atoms with Crippen LogP contribution in [0.25, 0.3) is 0 Å². The van der Waals surface area contributed by atoms with Crippen LogP contribution in [0.3, 0.4) is 0 Å².